The Balaban J connectivity index is 1.49. The zero-order valence-corrected chi connectivity index (χ0v) is 21.3. The monoisotopic (exact) mass is 521 g/mol. The molecule has 0 bridgehead atoms. The second-order valence-corrected chi connectivity index (χ2v) is 7.58. The molecule has 0 aliphatic rings. The number of carbonyl (C=O) groups excluding carboxylic acids is 3. The van der Waals surface area contributed by atoms with Crippen LogP contribution in [0.5, 0.6) is 28.7 Å². The van der Waals surface area contributed by atoms with Crippen molar-refractivity contribution in [2.75, 3.05) is 35.0 Å². The lowest BCUT2D eigenvalue weighted by molar-refractivity contribution is -0.120. The molecule has 0 fully saturated rings. The molecule has 0 saturated carbocycles. The van der Waals surface area contributed by atoms with Gasteiger partial charge in [-0.15, -0.1) is 0 Å². The number of amides is 2. The van der Waals surface area contributed by atoms with E-state index < -0.39 is 17.8 Å². The van der Waals surface area contributed by atoms with Gasteiger partial charge in [0.1, 0.15) is 11.5 Å². The van der Waals surface area contributed by atoms with Crippen molar-refractivity contribution in [2.45, 2.75) is 0 Å². The highest BCUT2D eigenvalue weighted by Crippen LogP contribution is 2.38. The van der Waals surface area contributed by atoms with Gasteiger partial charge in [0.05, 0.1) is 46.8 Å². The standard InChI is InChI=1S/C27H27N3O8/c1-34-20-11-7-18(8-12-20)27(33)38-21-9-5-17(6-10-21)15-29-30-24(31)16-28-26(32)19-13-22(35-2)25(37-4)23(14-19)36-3/h5-15H,16H2,1-4H3,(H,28,32)(H,30,31). The summed E-state index contributed by atoms with van der Waals surface area (Å²) in [6, 6.07) is 16.0. The second-order valence-electron chi connectivity index (χ2n) is 7.58. The van der Waals surface area contributed by atoms with Crippen molar-refractivity contribution in [3.63, 3.8) is 0 Å². The van der Waals surface area contributed by atoms with Crippen LogP contribution in [-0.2, 0) is 4.79 Å². The van der Waals surface area contributed by atoms with Gasteiger partial charge in [-0.2, -0.15) is 5.10 Å². The molecule has 0 unspecified atom stereocenters. The van der Waals surface area contributed by atoms with Gasteiger partial charge < -0.3 is 29.0 Å². The van der Waals surface area contributed by atoms with E-state index >= 15 is 0 Å². The third-order valence-electron chi connectivity index (χ3n) is 5.16. The predicted octanol–water partition coefficient (Wildman–Crippen LogP) is 2.82. The number of hydrogen-bond donors (Lipinski definition) is 2. The number of nitrogens with zero attached hydrogens (tertiary/aromatic N) is 1. The molecule has 2 amide bonds. The highest BCUT2D eigenvalue weighted by atomic mass is 16.5. The minimum Gasteiger partial charge on any atom is -0.497 e. The molecule has 0 heterocycles. The van der Waals surface area contributed by atoms with Crippen LogP contribution in [0.1, 0.15) is 26.3 Å². The summed E-state index contributed by atoms with van der Waals surface area (Å²) in [5.41, 5.74) is 3.59. The Bertz CT molecular complexity index is 1280. The van der Waals surface area contributed by atoms with Crippen molar-refractivity contribution >= 4 is 24.0 Å². The maximum absolute atomic E-state index is 12.5. The normalized spacial score (nSPS) is 10.4. The third kappa shape index (κ3) is 7.23. The summed E-state index contributed by atoms with van der Waals surface area (Å²) in [6.45, 7) is -0.312. The average molecular weight is 522 g/mol. The molecule has 2 N–H and O–H groups in total. The molecule has 0 aliphatic carbocycles. The summed E-state index contributed by atoms with van der Waals surface area (Å²) in [5.74, 6) is 0.409. The predicted molar refractivity (Wildman–Crippen MR) is 139 cm³/mol. The van der Waals surface area contributed by atoms with Crippen LogP contribution < -0.4 is 34.4 Å². The van der Waals surface area contributed by atoms with Gasteiger partial charge in [0, 0.05) is 5.56 Å². The lowest BCUT2D eigenvalue weighted by Crippen LogP contribution is -2.34. The van der Waals surface area contributed by atoms with E-state index in [-0.39, 0.29) is 12.1 Å². The van der Waals surface area contributed by atoms with Crippen LogP contribution in [0, 0.1) is 0 Å². The number of nitrogens with one attached hydrogen (secondary N) is 2. The van der Waals surface area contributed by atoms with Crippen molar-refractivity contribution in [3.05, 3.63) is 77.4 Å². The fraction of sp³-hybridized carbons (Fsp3) is 0.185. The number of hydrogen-bond acceptors (Lipinski definition) is 9. The van der Waals surface area contributed by atoms with Crippen LogP contribution in [0.3, 0.4) is 0 Å². The van der Waals surface area contributed by atoms with Crippen LogP contribution in [0.25, 0.3) is 0 Å². The quantitative estimate of drug-likeness (QED) is 0.170. The Morgan fingerprint density at radius 2 is 1.37 bits per heavy atom. The van der Waals surface area contributed by atoms with Crippen molar-refractivity contribution in [2.24, 2.45) is 5.10 Å². The highest BCUT2D eigenvalue weighted by Gasteiger charge is 2.17. The van der Waals surface area contributed by atoms with E-state index in [1.807, 2.05) is 0 Å². The fourth-order valence-corrected chi connectivity index (χ4v) is 3.21. The molecule has 0 aliphatic heterocycles. The number of carbonyl (C=O) groups is 3. The fourth-order valence-electron chi connectivity index (χ4n) is 3.21. The summed E-state index contributed by atoms with van der Waals surface area (Å²) in [7, 11) is 5.87. The molecule has 0 saturated heterocycles. The largest absolute Gasteiger partial charge is 0.497 e. The maximum Gasteiger partial charge on any atom is 0.343 e. The summed E-state index contributed by atoms with van der Waals surface area (Å²) in [6.07, 6.45) is 1.41. The van der Waals surface area contributed by atoms with Gasteiger partial charge in [-0.25, -0.2) is 10.2 Å². The Morgan fingerprint density at radius 3 is 1.92 bits per heavy atom. The number of hydrazone groups is 1. The SMILES string of the molecule is COc1ccc(C(=O)Oc2ccc(C=NNC(=O)CNC(=O)c3cc(OC)c(OC)c(OC)c3)cc2)cc1. The lowest BCUT2D eigenvalue weighted by Gasteiger charge is -2.14. The van der Waals surface area contributed by atoms with E-state index in [1.165, 1.54) is 39.7 Å². The molecular formula is C27H27N3O8. The van der Waals surface area contributed by atoms with E-state index in [9.17, 15) is 14.4 Å². The smallest absolute Gasteiger partial charge is 0.343 e. The van der Waals surface area contributed by atoms with Gasteiger partial charge >= 0.3 is 5.97 Å². The topological polar surface area (TPSA) is 134 Å². The van der Waals surface area contributed by atoms with Gasteiger partial charge in [-0.3, -0.25) is 9.59 Å². The first kappa shape index (κ1) is 27.5. The summed E-state index contributed by atoms with van der Waals surface area (Å²) >= 11 is 0. The molecule has 11 nitrogen and oxygen atoms in total. The molecule has 0 aromatic heterocycles. The molecule has 3 rings (SSSR count). The van der Waals surface area contributed by atoms with Crippen molar-refractivity contribution in [1.82, 2.24) is 10.7 Å². The van der Waals surface area contributed by atoms with Gasteiger partial charge in [0.15, 0.2) is 11.5 Å². The van der Waals surface area contributed by atoms with Gasteiger partial charge in [-0.1, -0.05) is 0 Å². The van der Waals surface area contributed by atoms with E-state index in [4.69, 9.17) is 23.7 Å². The molecule has 0 atom stereocenters. The third-order valence-corrected chi connectivity index (χ3v) is 5.16. The first-order chi connectivity index (χ1) is 18.4. The molecule has 198 valence electrons. The summed E-state index contributed by atoms with van der Waals surface area (Å²) < 4.78 is 26.1. The highest BCUT2D eigenvalue weighted by molar-refractivity contribution is 5.97. The van der Waals surface area contributed by atoms with Crippen molar-refractivity contribution in [3.8, 4) is 28.7 Å². The molecular weight excluding hydrogens is 494 g/mol. The molecule has 38 heavy (non-hydrogen) atoms. The van der Waals surface area contributed by atoms with Crippen LogP contribution in [0.15, 0.2) is 65.8 Å². The van der Waals surface area contributed by atoms with E-state index in [0.29, 0.717) is 39.9 Å². The molecule has 0 radical (unpaired) electrons. The Hall–Kier alpha value is -5.06. The Morgan fingerprint density at radius 1 is 0.763 bits per heavy atom. The maximum atomic E-state index is 12.5. The molecule has 0 spiro atoms. The van der Waals surface area contributed by atoms with E-state index in [2.05, 4.69) is 15.8 Å². The molecule has 11 heteroatoms. The Labute approximate surface area is 219 Å². The number of ether oxygens (including phenoxy) is 5. The minimum absolute atomic E-state index is 0.226. The number of esters is 1. The van der Waals surface area contributed by atoms with Crippen LogP contribution in [-0.4, -0.2) is 59.0 Å². The van der Waals surface area contributed by atoms with E-state index in [1.54, 1.807) is 55.6 Å². The van der Waals surface area contributed by atoms with Gasteiger partial charge in [-0.05, 0) is 66.2 Å². The number of methoxy groups -OCH3 is 4. The number of benzene rings is 3. The van der Waals surface area contributed by atoms with Crippen LogP contribution in [0.2, 0.25) is 0 Å². The summed E-state index contributed by atoms with van der Waals surface area (Å²) in [5, 5.41) is 6.37. The van der Waals surface area contributed by atoms with Crippen molar-refractivity contribution < 1.29 is 38.1 Å². The second kappa shape index (κ2) is 13.3. The number of rotatable bonds is 11. The van der Waals surface area contributed by atoms with Crippen LogP contribution >= 0.6 is 0 Å². The van der Waals surface area contributed by atoms with Gasteiger partial charge in [0.25, 0.3) is 11.8 Å². The van der Waals surface area contributed by atoms with Crippen molar-refractivity contribution in [1.29, 1.82) is 0 Å². The zero-order chi connectivity index (χ0) is 27.5. The van der Waals surface area contributed by atoms with Crippen LogP contribution in [0.4, 0.5) is 0 Å². The molecule has 3 aromatic rings. The first-order valence-corrected chi connectivity index (χ1v) is 11.2. The molecule has 3 aromatic carbocycles. The van der Waals surface area contributed by atoms with E-state index in [0.717, 1.165) is 0 Å². The summed E-state index contributed by atoms with van der Waals surface area (Å²) in [4.78, 5) is 36.8. The first-order valence-electron chi connectivity index (χ1n) is 11.2. The lowest BCUT2D eigenvalue weighted by atomic mass is 10.1. The minimum atomic E-state index is -0.535. The average Bonchev–Trinajstić information content (AvgIpc) is 2.95. The Kier molecular flexibility index (Phi) is 9.64. The van der Waals surface area contributed by atoms with Gasteiger partial charge in [0.2, 0.25) is 5.75 Å². The zero-order valence-electron chi connectivity index (χ0n) is 21.3.